The van der Waals surface area contributed by atoms with Crippen molar-refractivity contribution in [3.05, 3.63) is 12.2 Å². The lowest BCUT2D eigenvalue weighted by molar-refractivity contribution is -0.132. The van der Waals surface area contributed by atoms with Crippen LogP contribution >= 0.6 is 0 Å². The molecule has 0 aromatic heterocycles. The van der Waals surface area contributed by atoms with Crippen LogP contribution in [0, 0.1) is 5.92 Å². The lowest BCUT2D eigenvalue weighted by atomic mass is 9.90. The smallest absolute Gasteiger partial charge is 0.330 e. The summed E-state index contributed by atoms with van der Waals surface area (Å²) in [5.41, 5.74) is 0.363. The van der Waals surface area contributed by atoms with E-state index in [9.17, 15) is 4.79 Å². The second kappa shape index (κ2) is 15.1. The van der Waals surface area contributed by atoms with Crippen molar-refractivity contribution in [3.63, 3.8) is 0 Å². The Morgan fingerprint density at radius 2 is 1.36 bits per heavy atom. The van der Waals surface area contributed by atoms with E-state index in [1.807, 2.05) is 0 Å². The maximum absolute atomic E-state index is 10.7. The molecule has 0 aliphatic heterocycles. The summed E-state index contributed by atoms with van der Waals surface area (Å²) in [5, 5.41) is 8.83. The number of aliphatic carboxylic acids is 1. The van der Waals surface area contributed by atoms with Crippen molar-refractivity contribution in [2.24, 2.45) is 5.92 Å². The molecule has 1 unspecified atom stereocenters. The topological polar surface area (TPSA) is 37.3 Å². The van der Waals surface area contributed by atoms with Crippen molar-refractivity contribution < 1.29 is 9.90 Å². The molecule has 0 radical (unpaired) electrons. The van der Waals surface area contributed by atoms with Gasteiger partial charge in [-0.05, 0) is 18.8 Å². The van der Waals surface area contributed by atoms with E-state index in [2.05, 4.69) is 20.4 Å². The third kappa shape index (κ3) is 12.9. The molecule has 22 heavy (non-hydrogen) atoms. The van der Waals surface area contributed by atoms with Crippen LogP contribution < -0.4 is 0 Å². The molecule has 0 fully saturated rings. The van der Waals surface area contributed by atoms with Crippen LogP contribution in [0.2, 0.25) is 0 Å². The zero-order valence-electron chi connectivity index (χ0n) is 15.0. The van der Waals surface area contributed by atoms with Crippen LogP contribution in [-0.2, 0) is 4.79 Å². The first-order valence-corrected chi connectivity index (χ1v) is 9.52. The highest BCUT2D eigenvalue weighted by atomic mass is 16.4. The van der Waals surface area contributed by atoms with Gasteiger partial charge < -0.3 is 5.11 Å². The van der Waals surface area contributed by atoms with E-state index in [4.69, 9.17) is 5.11 Å². The second-order valence-electron chi connectivity index (χ2n) is 6.72. The lowest BCUT2D eigenvalue weighted by Crippen LogP contribution is -2.03. The zero-order chi connectivity index (χ0) is 16.6. The quantitative estimate of drug-likeness (QED) is 0.253. The Kier molecular flexibility index (Phi) is 14.6. The SMILES string of the molecule is C=C(CCCC(CCC)CCCCCCCCCC)C(=O)O. The molecule has 0 heterocycles. The Morgan fingerprint density at radius 1 is 0.818 bits per heavy atom. The first kappa shape index (κ1) is 21.2. The van der Waals surface area contributed by atoms with Crippen LogP contribution in [-0.4, -0.2) is 11.1 Å². The summed E-state index contributed by atoms with van der Waals surface area (Å²) in [7, 11) is 0. The van der Waals surface area contributed by atoms with Crippen molar-refractivity contribution in [2.45, 2.75) is 104 Å². The molecule has 2 heteroatoms. The van der Waals surface area contributed by atoms with E-state index in [1.165, 1.54) is 70.6 Å². The fourth-order valence-electron chi connectivity index (χ4n) is 3.12. The maximum Gasteiger partial charge on any atom is 0.330 e. The third-order valence-corrected chi connectivity index (χ3v) is 4.56. The zero-order valence-corrected chi connectivity index (χ0v) is 15.0. The summed E-state index contributed by atoms with van der Waals surface area (Å²) in [6.07, 6.45) is 17.7. The summed E-state index contributed by atoms with van der Waals surface area (Å²) >= 11 is 0. The number of carboxylic acids is 1. The van der Waals surface area contributed by atoms with Crippen molar-refractivity contribution >= 4 is 5.97 Å². The third-order valence-electron chi connectivity index (χ3n) is 4.56. The van der Waals surface area contributed by atoms with Gasteiger partial charge in [0.2, 0.25) is 0 Å². The van der Waals surface area contributed by atoms with Crippen molar-refractivity contribution in [1.29, 1.82) is 0 Å². The number of carboxylic acid groups (broad SMARTS) is 1. The van der Waals surface area contributed by atoms with E-state index in [0.717, 1.165) is 18.8 Å². The molecule has 0 spiro atoms. The molecule has 0 aromatic carbocycles. The molecule has 0 amide bonds. The fraction of sp³-hybridized carbons (Fsp3) is 0.850. The molecule has 0 bridgehead atoms. The monoisotopic (exact) mass is 310 g/mol. The molecular weight excluding hydrogens is 272 g/mol. The van der Waals surface area contributed by atoms with Crippen LogP contribution in [0.1, 0.15) is 104 Å². The molecule has 2 nitrogen and oxygen atoms in total. The second-order valence-corrected chi connectivity index (χ2v) is 6.72. The van der Waals surface area contributed by atoms with Crippen LogP contribution in [0.3, 0.4) is 0 Å². The van der Waals surface area contributed by atoms with Gasteiger partial charge in [0.1, 0.15) is 0 Å². The maximum atomic E-state index is 10.7. The van der Waals surface area contributed by atoms with Gasteiger partial charge in [-0.25, -0.2) is 4.79 Å². The van der Waals surface area contributed by atoms with Gasteiger partial charge >= 0.3 is 5.97 Å². The molecule has 0 aliphatic rings. The normalized spacial score (nSPS) is 12.3. The molecule has 1 N–H and O–H groups in total. The van der Waals surface area contributed by atoms with E-state index in [-0.39, 0.29) is 0 Å². The Hall–Kier alpha value is -0.790. The van der Waals surface area contributed by atoms with Gasteiger partial charge in [-0.15, -0.1) is 0 Å². The number of unbranched alkanes of at least 4 members (excludes halogenated alkanes) is 7. The standard InChI is InChI=1S/C20H38O2/c1-4-6-7-8-9-10-11-12-16-19(14-5-2)17-13-15-18(3)20(21)22/h19H,3-17H2,1-2H3,(H,21,22). The molecular formula is C20H38O2. The van der Waals surface area contributed by atoms with Gasteiger partial charge in [0.15, 0.2) is 0 Å². The average molecular weight is 311 g/mol. The van der Waals surface area contributed by atoms with Crippen LogP contribution in [0.15, 0.2) is 12.2 Å². The van der Waals surface area contributed by atoms with Gasteiger partial charge in [-0.2, -0.15) is 0 Å². The molecule has 1 atom stereocenters. The largest absolute Gasteiger partial charge is 0.478 e. The number of carbonyl (C=O) groups is 1. The minimum Gasteiger partial charge on any atom is -0.478 e. The Labute approximate surface area is 138 Å². The average Bonchev–Trinajstić information content (AvgIpc) is 2.49. The molecule has 0 aliphatic carbocycles. The van der Waals surface area contributed by atoms with E-state index >= 15 is 0 Å². The van der Waals surface area contributed by atoms with E-state index < -0.39 is 5.97 Å². The number of hydrogen-bond donors (Lipinski definition) is 1. The summed E-state index contributed by atoms with van der Waals surface area (Å²) < 4.78 is 0. The predicted octanol–water partition coefficient (Wildman–Crippen LogP) is 6.74. The van der Waals surface area contributed by atoms with Gasteiger partial charge in [0.25, 0.3) is 0 Å². The number of rotatable bonds is 16. The van der Waals surface area contributed by atoms with Crippen LogP contribution in [0.5, 0.6) is 0 Å². The van der Waals surface area contributed by atoms with Gasteiger partial charge in [-0.1, -0.05) is 97.5 Å². The van der Waals surface area contributed by atoms with Crippen LogP contribution in [0.4, 0.5) is 0 Å². The first-order chi connectivity index (χ1) is 10.6. The van der Waals surface area contributed by atoms with Gasteiger partial charge in [-0.3, -0.25) is 0 Å². The summed E-state index contributed by atoms with van der Waals surface area (Å²) in [6, 6.07) is 0. The van der Waals surface area contributed by atoms with Gasteiger partial charge in [0.05, 0.1) is 0 Å². The summed E-state index contributed by atoms with van der Waals surface area (Å²) in [5.74, 6) is -0.0539. The highest BCUT2D eigenvalue weighted by molar-refractivity contribution is 5.85. The highest BCUT2D eigenvalue weighted by Crippen LogP contribution is 2.23. The highest BCUT2D eigenvalue weighted by Gasteiger charge is 2.09. The molecule has 0 rings (SSSR count). The van der Waals surface area contributed by atoms with Crippen LogP contribution in [0.25, 0.3) is 0 Å². The molecule has 0 saturated heterocycles. The molecule has 130 valence electrons. The Balaban J connectivity index is 3.63. The van der Waals surface area contributed by atoms with Crippen molar-refractivity contribution in [3.8, 4) is 0 Å². The van der Waals surface area contributed by atoms with Crippen molar-refractivity contribution in [2.75, 3.05) is 0 Å². The van der Waals surface area contributed by atoms with Crippen molar-refractivity contribution in [1.82, 2.24) is 0 Å². The Bertz CT molecular complexity index is 283. The Morgan fingerprint density at radius 3 is 1.91 bits per heavy atom. The lowest BCUT2D eigenvalue weighted by Gasteiger charge is -2.16. The molecule has 0 saturated carbocycles. The molecule has 0 aromatic rings. The minimum absolute atomic E-state index is 0.363. The van der Waals surface area contributed by atoms with E-state index in [0.29, 0.717) is 12.0 Å². The first-order valence-electron chi connectivity index (χ1n) is 9.52. The predicted molar refractivity (Wildman–Crippen MR) is 96.3 cm³/mol. The van der Waals surface area contributed by atoms with Gasteiger partial charge in [0, 0.05) is 5.57 Å². The summed E-state index contributed by atoms with van der Waals surface area (Å²) in [4.78, 5) is 10.7. The van der Waals surface area contributed by atoms with E-state index in [1.54, 1.807) is 0 Å². The minimum atomic E-state index is -0.838. The summed E-state index contributed by atoms with van der Waals surface area (Å²) in [6.45, 7) is 8.13. The fourth-order valence-corrected chi connectivity index (χ4v) is 3.12. The number of hydrogen-bond acceptors (Lipinski definition) is 1.